The zero-order valence-electron chi connectivity index (χ0n) is 10.3. The molecular formula is C12H15ClN2O3. The van der Waals surface area contributed by atoms with Crippen LogP contribution in [0.15, 0.2) is 18.2 Å². The van der Waals surface area contributed by atoms with Gasteiger partial charge in [0.15, 0.2) is 0 Å². The molecule has 0 saturated carbocycles. The largest absolute Gasteiger partial charge is 0.349 e. The van der Waals surface area contributed by atoms with Crippen LogP contribution in [0, 0.1) is 10.1 Å². The summed E-state index contributed by atoms with van der Waals surface area (Å²) in [5, 5.41) is 13.8. The summed E-state index contributed by atoms with van der Waals surface area (Å²) in [6.07, 6.45) is 1.76. The van der Waals surface area contributed by atoms with E-state index in [0.29, 0.717) is 0 Å². The first-order valence-corrected chi connectivity index (χ1v) is 6.08. The molecule has 6 heteroatoms. The number of nitro benzene ring substituents is 1. The summed E-state index contributed by atoms with van der Waals surface area (Å²) in [5.41, 5.74) is -0.240. The van der Waals surface area contributed by atoms with Gasteiger partial charge in [0.2, 0.25) is 0 Å². The molecule has 1 aromatic carbocycles. The first-order chi connectivity index (χ1) is 8.45. The smallest absolute Gasteiger partial charge is 0.283 e. The highest BCUT2D eigenvalue weighted by Gasteiger charge is 2.21. The molecule has 1 amide bonds. The molecule has 0 spiro atoms. The first kappa shape index (κ1) is 14.4. The number of nitro groups is 1. The quantitative estimate of drug-likeness (QED) is 0.660. The Kier molecular flexibility index (Phi) is 5.09. The highest BCUT2D eigenvalue weighted by molar-refractivity contribution is 6.31. The lowest BCUT2D eigenvalue weighted by molar-refractivity contribution is -0.385. The molecule has 1 N–H and O–H groups in total. The van der Waals surface area contributed by atoms with Crippen LogP contribution < -0.4 is 5.32 Å². The average Bonchev–Trinajstić information content (AvgIpc) is 2.28. The lowest BCUT2D eigenvalue weighted by atomic mass is 10.1. The molecule has 98 valence electrons. The molecular weight excluding hydrogens is 256 g/mol. The number of carbonyl (C=O) groups is 1. The van der Waals surface area contributed by atoms with Crippen LogP contribution in [0.25, 0.3) is 0 Å². The van der Waals surface area contributed by atoms with E-state index in [2.05, 4.69) is 5.32 Å². The van der Waals surface area contributed by atoms with Crippen LogP contribution >= 0.6 is 11.6 Å². The Balaban J connectivity index is 2.95. The molecule has 0 heterocycles. The molecule has 1 rings (SSSR count). The molecule has 18 heavy (non-hydrogen) atoms. The molecule has 0 fully saturated rings. The van der Waals surface area contributed by atoms with Crippen molar-refractivity contribution in [2.24, 2.45) is 0 Å². The summed E-state index contributed by atoms with van der Waals surface area (Å²) in [4.78, 5) is 22.2. The van der Waals surface area contributed by atoms with Crippen LogP contribution in [-0.4, -0.2) is 16.9 Å². The molecule has 0 aromatic heterocycles. The van der Waals surface area contributed by atoms with Gasteiger partial charge in [-0.25, -0.2) is 0 Å². The van der Waals surface area contributed by atoms with Gasteiger partial charge in [-0.05, 0) is 25.5 Å². The Morgan fingerprint density at radius 3 is 2.78 bits per heavy atom. The summed E-state index contributed by atoms with van der Waals surface area (Å²) < 4.78 is 0. The van der Waals surface area contributed by atoms with E-state index in [4.69, 9.17) is 11.6 Å². The predicted octanol–water partition coefficient (Wildman–Crippen LogP) is 3.17. The van der Waals surface area contributed by atoms with Crippen molar-refractivity contribution in [3.8, 4) is 0 Å². The number of carbonyl (C=O) groups excluding carboxylic acids is 1. The second-order valence-corrected chi connectivity index (χ2v) is 4.52. The standard InChI is InChI=1S/C12H15ClN2O3/c1-3-4-8(2)14-12(16)10-6-5-9(13)7-11(10)15(17)18/h5-8H,3-4H2,1-2H3,(H,14,16). The van der Waals surface area contributed by atoms with E-state index >= 15 is 0 Å². The third-order valence-electron chi connectivity index (χ3n) is 2.50. The fourth-order valence-electron chi connectivity index (χ4n) is 1.65. The summed E-state index contributed by atoms with van der Waals surface area (Å²) in [6, 6.07) is 4.00. The number of hydrogen-bond donors (Lipinski definition) is 1. The monoisotopic (exact) mass is 270 g/mol. The van der Waals surface area contributed by atoms with Gasteiger partial charge in [-0.1, -0.05) is 24.9 Å². The van der Waals surface area contributed by atoms with E-state index in [0.717, 1.165) is 12.8 Å². The Hall–Kier alpha value is -1.62. The number of nitrogens with zero attached hydrogens (tertiary/aromatic N) is 1. The molecule has 1 aromatic rings. The van der Waals surface area contributed by atoms with E-state index < -0.39 is 10.8 Å². The Labute approximate surface area is 110 Å². The molecule has 1 unspecified atom stereocenters. The van der Waals surface area contributed by atoms with E-state index in [9.17, 15) is 14.9 Å². The van der Waals surface area contributed by atoms with Gasteiger partial charge < -0.3 is 5.32 Å². The second kappa shape index (κ2) is 6.35. The maximum Gasteiger partial charge on any atom is 0.283 e. The highest BCUT2D eigenvalue weighted by atomic mass is 35.5. The Morgan fingerprint density at radius 1 is 1.56 bits per heavy atom. The molecule has 0 radical (unpaired) electrons. The topological polar surface area (TPSA) is 72.2 Å². The van der Waals surface area contributed by atoms with Crippen LogP contribution in [0.1, 0.15) is 37.0 Å². The van der Waals surface area contributed by atoms with Crippen LogP contribution in [0.4, 0.5) is 5.69 Å². The fourth-order valence-corrected chi connectivity index (χ4v) is 1.82. The van der Waals surface area contributed by atoms with Gasteiger partial charge in [-0.15, -0.1) is 0 Å². The molecule has 0 aliphatic carbocycles. The number of amides is 1. The van der Waals surface area contributed by atoms with Crippen molar-refractivity contribution in [1.82, 2.24) is 5.32 Å². The van der Waals surface area contributed by atoms with Crippen LogP contribution in [0.3, 0.4) is 0 Å². The minimum Gasteiger partial charge on any atom is -0.349 e. The van der Waals surface area contributed by atoms with E-state index in [1.165, 1.54) is 18.2 Å². The third kappa shape index (κ3) is 3.70. The van der Waals surface area contributed by atoms with Gasteiger partial charge in [-0.3, -0.25) is 14.9 Å². The lowest BCUT2D eigenvalue weighted by Crippen LogP contribution is -2.32. The first-order valence-electron chi connectivity index (χ1n) is 5.70. The van der Waals surface area contributed by atoms with Crippen molar-refractivity contribution >= 4 is 23.2 Å². The molecule has 0 bridgehead atoms. The maximum atomic E-state index is 11.9. The van der Waals surface area contributed by atoms with Crippen molar-refractivity contribution in [2.45, 2.75) is 32.7 Å². The van der Waals surface area contributed by atoms with Crippen molar-refractivity contribution in [3.05, 3.63) is 38.9 Å². The molecule has 5 nitrogen and oxygen atoms in total. The summed E-state index contributed by atoms with van der Waals surface area (Å²) in [5.74, 6) is -0.445. The third-order valence-corrected chi connectivity index (χ3v) is 2.74. The lowest BCUT2D eigenvalue weighted by Gasteiger charge is -2.12. The van der Waals surface area contributed by atoms with Crippen molar-refractivity contribution < 1.29 is 9.72 Å². The maximum absolute atomic E-state index is 11.9. The van der Waals surface area contributed by atoms with Gasteiger partial charge in [0.05, 0.1) is 4.92 Å². The number of nitrogens with one attached hydrogen (secondary N) is 1. The number of hydrogen-bond acceptors (Lipinski definition) is 3. The highest BCUT2D eigenvalue weighted by Crippen LogP contribution is 2.23. The normalized spacial score (nSPS) is 11.9. The minimum absolute atomic E-state index is 0.0159. The molecule has 1 atom stereocenters. The Bertz CT molecular complexity index is 463. The Morgan fingerprint density at radius 2 is 2.22 bits per heavy atom. The van der Waals surface area contributed by atoms with E-state index in [1.54, 1.807) is 0 Å². The van der Waals surface area contributed by atoms with Crippen molar-refractivity contribution in [3.63, 3.8) is 0 Å². The SMILES string of the molecule is CCCC(C)NC(=O)c1ccc(Cl)cc1[N+](=O)[O-]. The van der Waals surface area contributed by atoms with Gasteiger partial charge in [0, 0.05) is 17.1 Å². The molecule has 0 aliphatic rings. The number of rotatable bonds is 5. The predicted molar refractivity (Wildman–Crippen MR) is 69.9 cm³/mol. The van der Waals surface area contributed by atoms with E-state index in [-0.39, 0.29) is 22.3 Å². The molecule has 0 aliphatic heterocycles. The van der Waals surface area contributed by atoms with Crippen LogP contribution in [0.2, 0.25) is 5.02 Å². The molecule has 0 saturated heterocycles. The van der Waals surface area contributed by atoms with Crippen molar-refractivity contribution in [1.29, 1.82) is 0 Å². The van der Waals surface area contributed by atoms with Crippen molar-refractivity contribution in [2.75, 3.05) is 0 Å². The summed E-state index contributed by atoms with van der Waals surface area (Å²) in [6.45, 7) is 3.87. The van der Waals surface area contributed by atoms with Crippen LogP contribution in [-0.2, 0) is 0 Å². The van der Waals surface area contributed by atoms with Crippen LogP contribution in [0.5, 0.6) is 0 Å². The average molecular weight is 271 g/mol. The summed E-state index contributed by atoms with van der Waals surface area (Å²) >= 11 is 5.68. The number of halogens is 1. The fraction of sp³-hybridized carbons (Fsp3) is 0.417. The van der Waals surface area contributed by atoms with E-state index in [1.807, 2.05) is 13.8 Å². The van der Waals surface area contributed by atoms with Gasteiger partial charge >= 0.3 is 0 Å². The summed E-state index contributed by atoms with van der Waals surface area (Å²) in [7, 11) is 0. The minimum atomic E-state index is -0.606. The zero-order valence-corrected chi connectivity index (χ0v) is 11.0. The zero-order chi connectivity index (χ0) is 13.7. The second-order valence-electron chi connectivity index (χ2n) is 4.08. The van der Waals surface area contributed by atoms with Gasteiger partial charge in [0.25, 0.3) is 11.6 Å². The number of benzene rings is 1. The van der Waals surface area contributed by atoms with Gasteiger partial charge in [0.1, 0.15) is 5.56 Å². The van der Waals surface area contributed by atoms with Gasteiger partial charge in [-0.2, -0.15) is 0 Å².